The minimum atomic E-state index is -4.37. The molecule has 0 spiro atoms. The molecule has 1 atom stereocenters. The summed E-state index contributed by atoms with van der Waals surface area (Å²) in [5.41, 5.74) is 0.706. The van der Waals surface area contributed by atoms with Crippen LogP contribution in [0.3, 0.4) is 0 Å². The molecule has 0 aromatic carbocycles. The van der Waals surface area contributed by atoms with Crippen LogP contribution in [0.5, 0.6) is 0 Å². The van der Waals surface area contributed by atoms with E-state index < -0.39 is 31.5 Å². The fourth-order valence-electron chi connectivity index (χ4n) is 3.02. The van der Waals surface area contributed by atoms with E-state index in [9.17, 15) is 22.4 Å². The van der Waals surface area contributed by atoms with E-state index in [1.54, 1.807) is 0 Å². The van der Waals surface area contributed by atoms with Gasteiger partial charge in [-0.2, -0.15) is 18.3 Å². The number of likely N-dealkylation sites (tertiary alicyclic amines) is 1. The Bertz CT molecular complexity index is 582. The number of nitrogens with zero attached hydrogens (tertiary/aromatic N) is 3. The lowest BCUT2D eigenvalue weighted by molar-refractivity contribution is -0.143. The van der Waals surface area contributed by atoms with E-state index in [1.807, 2.05) is 0 Å². The number of rotatable bonds is 4. The number of urea groups is 1. The molecule has 5 nitrogen and oxygen atoms in total. The molecule has 23 heavy (non-hydrogen) atoms. The molecule has 0 radical (unpaired) electrons. The van der Waals surface area contributed by atoms with E-state index in [4.69, 9.17) is 0 Å². The standard InChI is InChI=1S/C14H18F4N4O/c15-6-10-2-1-5-21(10)13(23)20-11-7-19-22(8-14(16,17)18)12(11)9-3-4-9/h7,9-10H,1-6,8H2,(H,20,23). The first-order valence-corrected chi connectivity index (χ1v) is 7.65. The third-order valence-corrected chi connectivity index (χ3v) is 4.23. The Labute approximate surface area is 130 Å². The van der Waals surface area contributed by atoms with Crippen LogP contribution >= 0.6 is 0 Å². The summed E-state index contributed by atoms with van der Waals surface area (Å²) >= 11 is 0. The lowest BCUT2D eigenvalue weighted by Crippen LogP contribution is -2.39. The van der Waals surface area contributed by atoms with Gasteiger partial charge in [0, 0.05) is 12.5 Å². The van der Waals surface area contributed by atoms with Gasteiger partial charge in [-0.05, 0) is 25.7 Å². The summed E-state index contributed by atoms with van der Waals surface area (Å²) in [6.07, 6.45) is -0.229. The largest absolute Gasteiger partial charge is 0.408 e. The molecule has 128 valence electrons. The first-order valence-electron chi connectivity index (χ1n) is 7.65. The van der Waals surface area contributed by atoms with Crippen LogP contribution in [0, 0.1) is 0 Å². The number of aromatic nitrogens is 2. The number of hydrogen-bond acceptors (Lipinski definition) is 2. The lowest BCUT2D eigenvalue weighted by Gasteiger charge is -2.22. The Balaban J connectivity index is 1.76. The molecule has 9 heteroatoms. The van der Waals surface area contributed by atoms with E-state index >= 15 is 0 Å². The molecule has 2 amide bonds. The van der Waals surface area contributed by atoms with E-state index in [2.05, 4.69) is 10.4 Å². The van der Waals surface area contributed by atoms with Gasteiger partial charge in [0.05, 0.1) is 23.6 Å². The van der Waals surface area contributed by atoms with Crippen LogP contribution in [0.15, 0.2) is 6.20 Å². The van der Waals surface area contributed by atoms with Crippen molar-refractivity contribution in [3.63, 3.8) is 0 Å². The second-order valence-corrected chi connectivity index (χ2v) is 6.06. The number of hydrogen-bond donors (Lipinski definition) is 1. The quantitative estimate of drug-likeness (QED) is 0.859. The van der Waals surface area contributed by atoms with Crippen LogP contribution in [0.2, 0.25) is 0 Å². The maximum absolute atomic E-state index is 12.9. The topological polar surface area (TPSA) is 50.2 Å². The molecule has 1 unspecified atom stereocenters. The second kappa shape index (κ2) is 6.01. The highest BCUT2D eigenvalue weighted by Gasteiger charge is 2.36. The van der Waals surface area contributed by atoms with Gasteiger partial charge in [0.1, 0.15) is 13.2 Å². The molecule has 2 fully saturated rings. The maximum atomic E-state index is 12.9. The summed E-state index contributed by atoms with van der Waals surface area (Å²) in [7, 11) is 0. The van der Waals surface area contributed by atoms with Crippen molar-refractivity contribution in [3.8, 4) is 0 Å². The minimum absolute atomic E-state index is 0.00861. The lowest BCUT2D eigenvalue weighted by atomic mass is 10.2. The highest BCUT2D eigenvalue weighted by Crippen LogP contribution is 2.44. The summed E-state index contributed by atoms with van der Waals surface area (Å²) in [6, 6.07) is -0.928. The molecule has 3 rings (SSSR count). The Morgan fingerprint density at radius 1 is 1.35 bits per heavy atom. The van der Waals surface area contributed by atoms with E-state index in [0.29, 0.717) is 24.3 Å². The number of carbonyl (C=O) groups is 1. The number of anilines is 1. The van der Waals surface area contributed by atoms with Gasteiger partial charge < -0.3 is 10.2 Å². The maximum Gasteiger partial charge on any atom is 0.408 e. The smallest absolute Gasteiger partial charge is 0.319 e. The summed E-state index contributed by atoms with van der Waals surface area (Å²) in [5.74, 6) is -0.00861. The van der Waals surface area contributed by atoms with Crippen molar-refractivity contribution in [2.75, 3.05) is 18.5 Å². The van der Waals surface area contributed by atoms with Crippen molar-refractivity contribution >= 4 is 11.7 Å². The van der Waals surface area contributed by atoms with Crippen LogP contribution in [0.25, 0.3) is 0 Å². The van der Waals surface area contributed by atoms with Gasteiger partial charge in [-0.15, -0.1) is 0 Å². The van der Waals surface area contributed by atoms with Gasteiger partial charge in [-0.1, -0.05) is 0 Å². The molecule has 1 aliphatic carbocycles. The van der Waals surface area contributed by atoms with E-state index in [1.165, 1.54) is 11.1 Å². The summed E-state index contributed by atoms with van der Waals surface area (Å²) < 4.78 is 51.7. The van der Waals surface area contributed by atoms with Crippen LogP contribution < -0.4 is 5.32 Å². The molecule has 1 aliphatic heterocycles. The van der Waals surface area contributed by atoms with Gasteiger partial charge in [0.2, 0.25) is 0 Å². The second-order valence-electron chi connectivity index (χ2n) is 6.06. The molecule has 1 saturated heterocycles. The summed E-state index contributed by atoms with van der Waals surface area (Å²) in [6.45, 7) is -1.34. The average molecular weight is 334 g/mol. The van der Waals surface area contributed by atoms with Gasteiger partial charge in [0.15, 0.2) is 0 Å². The van der Waals surface area contributed by atoms with Crippen molar-refractivity contribution in [3.05, 3.63) is 11.9 Å². The Morgan fingerprint density at radius 2 is 2.09 bits per heavy atom. The van der Waals surface area contributed by atoms with Gasteiger partial charge in [0.25, 0.3) is 0 Å². The average Bonchev–Trinajstić information content (AvgIpc) is 3.05. The molecular formula is C14H18F4N4O. The summed E-state index contributed by atoms with van der Waals surface area (Å²) in [5, 5.41) is 6.38. The Kier molecular flexibility index (Phi) is 4.20. The number of halogens is 4. The highest BCUT2D eigenvalue weighted by molar-refractivity contribution is 5.90. The van der Waals surface area contributed by atoms with Crippen LogP contribution in [-0.4, -0.2) is 46.1 Å². The molecule has 1 aromatic rings. The fourth-order valence-corrected chi connectivity index (χ4v) is 3.02. The molecule has 0 bridgehead atoms. The van der Waals surface area contributed by atoms with Gasteiger partial charge in [-0.3, -0.25) is 4.68 Å². The third-order valence-electron chi connectivity index (χ3n) is 4.23. The minimum Gasteiger partial charge on any atom is -0.319 e. The van der Waals surface area contributed by atoms with Crippen LogP contribution in [-0.2, 0) is 6.54 Å². The first kappa shape index (κ1) is 16.1. The van der Waals surface area contributed by atoms with Crippen LogP contribution in [0.4, 0.5) is 28.0 Å². The zero-order valence-corrected chi connectivity index (χ0v) is 12.4. The predicted molar refractivity (Wildman–Crippen MR) is 75.0 cm³/mol. The zero-order valence-electron chi connectivity index (χ0n) is 12.4. The SMILES string of the molecule is O=C(Nc1cnn(CC(F)(F)F)c1C1CC1)N1CCCC1CF. The number of nitrogens with one attached hydrogen (secondary N) is 1. The van der Waals surface area contributed by atoms with Crippen molar-refractivity contribution in [1.82, 2.24) is 14.7 Å². The van der Waals surface area contributed by atoms with Crippen molar-refractivity contribution in [1.29, 1.82) is 0 Å². The molecule has 2 heterocycles. The van der Waals surface area contributed by atoms with Crippen molar-refractivity contribution in [2.45, 2.75) is 50.4 Å². The third kappa shape index (κ3) is 3.59. The zero-order chi connectivity index (χ0) is 16.6. The number of carbonyl (C=O) groups excluding carboxylic acids is 1. The van der Waals surface area contributed by atoms with Crippen molar-refractivity contribution < 1.29 is 22.4 Å². The Hall–Kier alpha value is -1.80. The van der Waals surface area contributed by atoms with Gasteiger partial charge in [-0.25, -0.2) is 9.18 Å². The van der Waals surface area contributed by atoms with Crippen molar-refractivity contribution in [2.24, 2.45) is 0 Å². The summed E-state index contributed by atoms with van der Waals surface area (Å²) in [4.78, 5) is 13.7. The monoisotopic (exact) mass is 334 g/mol. The molecule has 2 aliphatic rings. The predicted octanol–water partition coefficient (Wildman–Crippen LogP) is 3.29. The molecular weight excluding hydrogens is 316 g/mol. The van der Waals surface area contributed by atoms with E-state index in [0.717, 1.165) is 23.9 Å². The van der Waals surface area contributed by atoms with E-state index in [-0.39, 0.29) is 5.92 Å². The van der Waals surface area contributed by atoms with Crippen LogP contribution in [0.1, 0.15) is 37.3 Å². The molecule has 1 N–H and O–H groups in total. The van der Waals surface area contributed by atoms with Gasteiger partial charge >= 0.3 is 12.2 Å². The number of amides is 2. The first-order chi connectivity index (χ1) is 10.9. The normalized spacial score (nSPS) is 21.7. The Morgan fingerprint density at radius 3 is 2.70 bits per heavy atom. The number of alkyl halides is 4. The highest BCUT2D eigenvalue weighted by atomic mass is 19.4. The molecule has 1 saturated carbocycles. The fraction of sp³-hybridized carbons (Fsp3) is 0.714. The molecule has 1 aromatic heterocycles.